The quantitative estimate of drug-likeness (QED) is 0.558. The van der Waals surface area contributed by atoms with Gasteiger partial charge in [0.05, 0.1) is 20.8 Å². The molecule has 0 aromatic heterocycles. The summed E-state index contributed by atoms with van der Waals surface area (Å²) in [6.45, 7) is 4.85. The van der Waals surface area contributed by atoms with E-state index in [-0.39, 0.29) is 5.41 Å². The highest BCUT2D eigenvalue weighted by molar-refractivity contribution is 9.10. The van der Waals surface area contributed by atoms with Gasteiger partial charge in [-0.25, -0.2) is 0 Å². The second-order valence-corrected chi connectivity index (χ2v) is 7.21. The Balaban J connectivity index is 2.09. The summed E-state index contributed by atoms with van der Waals surface area (Å²) < 4.78 is 11.6. The van der Waals surface area contributed by atoms with Crippen LogP contribution in [0, 0.1) is 0 Å². The highest BCUT2D eigenvalue weighted by Gasteiger charge is 2.20. The lowest BCUT2D eigenvalue weighted by Gasteiger charge is -2.23. The molecule has 2 rings (SSSR count). The average molecular weight is 406 g/mol. The molecule has 0 amide bonds. The molecule has 0 bridgehead atoms. The third kappa shape index (κ3) is 5.13. The zero-order valence-corrected chi connectivity index (χ0v) is 16.6. The Bertz CT molecular complexity index is 760. The average Bonchev–Trinajstić information content (AvgIpc) is 2.60. The predicted molar refractivity (Wildman–Crippen MR) is 107 cm³/mol. The number of benzene rings is 2. The smallest absolute Gasteiger partial charge is 0.193 e. The van der Waals surface area contributed by atoms with Crippen LogP contribution in [0.1, 0.15) is 19.4 Å². The summed E-state index contributed by atoms with van der Waals surface area (Å²) in [6.07, 6.45) is 0. The van der Waals surface area contributed by atoms with Crippen molar-refractivity contribution < 1.29 is 9.47 Å². The van der Waals surface area contributed by atoms with Gasteiger partial charge in [-0.05, 0) is 29.8 Å². The molecule has 0 fully saturated rings. The topological polar surface area (TPSA) is 68.9 Å². The van der Waals surface area contributed by atoms with Crippen LogP contribution in [0.4, 0.5) is 5.69 Å². The van der Waals surface area contributed by atoms with Gasteiger partial charge in [0, 0.05) is 21.6 Å². The minimum atomic E-state index is -0.131. The molecule has 0 radical (unpaired) electrons. The lowest BCUT2D eigenvalue weighted by Crippen LogP contribution is -2.27. The van der Waals surface area contributed by atoms with Gasteiger partial charge in [-0.15, -0.1) is 0 Å². The van der Waals surface area contributed by atoms with E-state index in [1.165, 1.54) is 5.56 Å². The molecule has 0 aliphatic rings. The Morgan fingerprint density at radius 3 is 2.48 bits per heavy atom. The second kappa shape index (κ2) is 8.25. The summed E-state index contributed by atoms with van der Waals surface area (Å²) in [5, 5.41) is 3.09. The van der Waals surface area contributed by atoms with Crippen LogP contribution in [0.5, 0.6) is 11.5 Å². The summed E-state index contributed by atoms with van der Waals surface area (Å²) in [7, 11) is 3.20. The number of nitrogens with two attached hydrogens (primary N) is 1. The summed E-state index contributed by atoms with van der Waals surface area (Å²) in [5.41, 5.74) is 7.90. The molecule has 3 N–H and O–H groups in total. The fraction of sp³-hybridized carbons (Fsp3) is 0.316. The Labute approximate surface area is 157 Å². The zero-order valence-electron chi connectivity index (χ0n) is 15.0. The summed E-state index contributed by atoms with van der Waals surface area (Å²) in [6, 6.07) is 13.7. The number of anilines is 1. The minimum Gasteiger partial charge on any atom is -0.493 e. The van der Waals surface area contributed by atoms with E-state index in [2.05, 4.69) is 52.2 Å². The number of hydrogen-bond acceptors (Lipinski definition) is 3. The first-order chi connectivity index (χ1) is 11.9. The second-order valence-electron chi connectivity index (χ2n) is 6.29. The van der Waals surface area contributed by atoms with E-state index in [1.54, 1.807) is 14.2 Å². The number of hydrogen-bond donors (Lipinski definition) is 2. The number of aliphatic imine (C=N–C) groups is 1. The lowest BCUT2D eigenvalue weighted by atomic mass is 9.85. The van der Waals surface area contributed by atoms with Crippen molar-refractivity contribution in [3.63, 3.8) is 0 Å². The molecular formula is C19H24BrN3O2. The van der Waals surface area contributed by atoms with Crippen LogP contribution in [0.2, 0.25) is 0 Å². The number of guanidine groups is 1. The molecule has 0 unspecified atom stereocenters. The van der Waals surface area contributed by atoms with Gasteiger partial charge >= 0.3 is 0 Å². The Hall–Kier alpha value is -2.21. The molecule has 2 aromatic carbocycles. The van der Waals surface area contributed by atoms with Gasteiger partial charge in [0.25, 0.3) is 0 Å². The molecule has 134 valence electrons. The van der Waals surface area contributed by atoms with Crippen molar-refractivity contribution in [2.24, 2.45) is 10.7 Å². The molecule has 0 aliphatic carbocycles. The van der Waals surface area contributed by atoms with Crippen molar-refractivity contribution >= 4 is 27.6 Å². The van der Waals surface area contributed by atoms with Crippen LogP contribution in [-0.2, 0) is 5.41 Å². The van der Waals surface area contributed by atoms with Crippen molar-refractivity contribution in [2.75, 3.05) is 26.1 Å². The van der Waals surface area contributed by atoms with E-state index in [4.69, 9.17) is 15.2 Å². The van der Waals surface area contributed by atoms with Gasteiger partial charge in [0.2, 0.25) is 0 Å². The Kier molecular flexibility index (Phi) is 6.31. The number of methoxy groups -OCH3 is 2. The first kappa shape index (κ1) is 19.1. The van der Waals surface area contributed by atoms with E-state index in [0.29, 0.717) is 24.0 Å². The van der Waals surface area contributed by atoms with E-state index in [0.717, 1.165) is 10.2 Å². The molecule has 25 heavy (non-hydrogen) atoms. The van der Waals surface area contributed by atoms with Gasteiger partial charge in [-0.3, -0.25) is 4.99 Å². The molecule has 6 heteroatoms. The highest BCUT2D eigenvalue weighted by atomic mass is 79.9. The van der Waals surface area contributed by atoms with E-state index >= 15 is 0 Å². The largest absolute Gasteiger partial charge is 0.493 e. The lowest BCUT2D eigenvalue weighted by molar-refractivity contribution is 0.355. The monoisotopic (exact) mass is 405 g/mol. The van der Waals surface area contributed by atoms with E-state index in [1.807, 2.05) is 30.3 Å². The van der Waals surface area contributed by atoms with Crippen molar-refractivity contribution in [2.45, 2.75) is 19.3 Å². The highest BCUT2D eigenvalue weighted by Crippen LogP contribution is 2.30. The number of nitrogens with zero attached hydrogens (tertiary/aromatic N) is 1. The number of nitrogens with one attached hydrogen (secondary N) is 1. The van der Waals surface area contributed by atoms with Crippen molar-refractivity contribution in [1.82, 2.24) is 0 Å². The SMILES string of the molecule is COc1ccc(NC(N)=NCC(C)(C)c2cccc(Br)c2)cc1OC. The fourth-order valence-corrected chi connectivity index (χ4v) is 2.78. The van der Waals surface area contributed by atoms with Crippen LogP contribution in [0.15, 0.2) is 51.9 Å². The fourth-order valence-electron chi connectivity index (χ4n) is 2.38. The first-order valence-corrected chi connectivity index (χ1v) is 8.70. The summed E-state index contributed by atoms with van der Waals surface area (Å²) in [4.78, 5) is 4.49. The first-order valence-electron chi connectivity index (χ1n) is 7.91. The Morgan fingerprint density at radius 2 is 1.84 bits per heavy atom. The van der Waals surface area contributed by atoms with Crippen LogP contribution in [-0.4, -0.2) is 26.7 Å². The normalized spacial score (nSPS) is 12.0. The van der Waals surface area contributed by atoms with E-state index < -0.39 is 0 Å². The number of ether oxygens (including phenoxy) is 2. The predicted octanol–water partition coefficient (Wildman–Crippen LogP) is 4.17. The molecule has 5 nitrogen and oxygen atoms in total. The molecule has 0 aliphatic heterocycles. The van der Waals surface area contributed by atoms with Gasteiger partial charge in [-0.1, -0.05) is 41.9 Å². The van der Waals surface area contributed by atoms with Gasteiger partial charge in [0.1, 0.15) is 0 Å². The molecule has 0 heterocycles. The molecular weight excluding hydrogens is 382 g/mol. The molecule has 2 aromatic rings. The van der Waals surface area contributed by atoms with Gasteiger partial charge < -0.3 is 20.5 Å². The molecule has 0 saturated heterocycles. The summed E-state index contributed by atoms with van der Waals surface area (Å²) in [5.74, 6) is 1.66. The standard InChI is InChI=1S/C19H24BrN3O2/c1-19(2,13-6-5-7-14(20)10-13)12-22-18(21)23-15-8-9-16(24-3)17(11-15)25-4/h5-11H,12H2,1-4H3,(H3,21,22,23). The maximum Gasteiger partial charge on any atom is 0.193 e. The third-order valence-electron chi connectivity index (χ3n) is 3.91. The molecule has 0 saturated carbocycles. The van der Waals surface area contributed by atoms with Crippen molar-refractivity contribution in [3.8, 4) is 11.5 Å². The minimum absolute atomic E-state index is 0.131. The third-order valence-corrected chi connectivity index (χ3v) is 4.40. The Morgan fingerprint density at radius 1 is 1.12 bits per heavy atom. The van der Waals surface area contributed by atoms with Crippen LogP contribution in [0.25, 0.3) is 0 Å². The van der Waals surface area contributed by atoms with Crippen LogP contribution in [0.3, 0.4) is 0 Å². The number of rotatable bonds is 6. The summed E-state index contributed by atoms with van der Waals surface area (Å²) >= 11 is 3.51. The van der Waals surface area contributed by atoms with Crippen molar-refractivity contribution in [3.05, 3.63) is 52.5 Å². The molecule has 0 atom stereocenters. The number of halogens is 1. The van der Waals surface area contributed by atoms with E-state index in [9.17, 15) is 0 Å². The van der Waals surface area contributed by atoms with Crippen LogP contribution < -0.4 is 20.5 Å². The maximum atomic E-state index is 6.04. The zero-order chi connectivity index (χ0) is 18.4. The van der Waals surface area contributed by atoms with Crippen LogP contribution >= 0.6 is 15.9 Å². The van der Waals surface area contributed by atoms with Gasteiger partial charge in [-0.2, -0.15) is 0 Å². The van der Waals surface area contributed by atoms with Crippen molar-refractivity contribution in [1.29, 1.82) is 0 Å². The maximum absolute atomic E-state index is 6.04. The molecule has 0 spiro atoms. The van der Waals surface area contributed by atoms with Gasteiger partial charge in [0.15, 0.2) is 17.5 Å².